The molecule has 1 aromatic heterocycles. The number of nitrogens with one attached hydrogen (secondary N) is 1. The van der Waals surface area contributed by atoms with Gasteiger partial charge in [0.15, 0.2) is 16.9 Å². The molecule has 0 bridgehead atoms. The van der Waals surface area contributed by atoms with Crippen molar-refractivity contribution in [2.45, 2.75) is 25.9 Å². The molecule has 0 radical (unpaired) electrons. The number of anilines is 1. The average molecular weight is 626 g/mol. The van der Waals surface area contributed by atoms with Gasteiger partial charge in [0.05, 0.1) is 20.6 Å². The summed E-state index contributed by atoms with van der Waals surface area (Å²) in [6.07, 6.45) is -0.333. The lowest BCUT2D eigenvalue weighted by molar-refractivity contribution is -0.140. The molecule has 5 aromatic rings. The van der Waals surface area contributed by atoms with Gasteiger partial charge in [0.2, 0.25) is 11.7 Å². The Morgan fingerprint density at radius 1 is 0.891 bits per heavy atom. The number of carbonyl (C=O) groups is 2. The number of phenolic OH excluding ortho intramolecular Hbond substituents is 3. The van der Waals surface area contributed by atoms with Crippen molar-refractivity contribution < 1.29 is 43.5 Å². The number of amides is 1. The molecular weight excluding hydrogens is 594 g/mol. The fourth-order valence-corrected chi connectivity index (χ4v) is 5.20. The lowest BCUT2D eigenvalue weighted by atomic mass is 9.85. The second-order valence-corrected chi connectivity index (χ2v) is 10.4. The summed E-state index contributed by atoms with van der Waals surface area (Å²) in [5, 5.41) is 35.0. The Balaban J connectivity index is 1.64. The first-order chi connectivity index (χ1) is 22.1. The molecule has 11 heteroatoms. The summed E-state index contributed by atoms with van der Waals surface area (Å²) in [4.78, 5) is 37.4. The van der Waals surface area contributed by atoms with Crippen LogP contribution in [-0.2, 0) is 20.9 Å². The van der Waals surface area contributed by atoms with Gasteiger partial charge in [-0.25, -0.2) is 0 Å². The largest absolute Gasteiger partial charge is 0.504 e. The first-order valence-corrected chi connectivity index (χ1v) is 14.1. The van der Waals surface area contributed by atoms with Crippen LogP contribution >= 0.6 is 0 Å². The van der Waals surface area contributed by atoms with E-state index in [4.69, 9.17) is 18.6 Å². The second-order valence-electron chi connectivity index (χ2n) is 10.4. The average Bonchev–Trinajstić information content (AvgIpc) is 3.06. The highest BCUT2D eigenvalue weighted by Crippen LogP contribution is 2.49. The molecule has 4 N–H and O–H groups in total. The number of ether oxygens (including phenoxy) is 3. The molecular formula is C35H31NO10. The first kappa shape index (κ1) is 31.5. The molecule has 0 aliphatic heterocycles. The predicted octanol–water partition coefficient (Wildman–Crippen LogP) is 5.82. The highest BCUT2D eigenvalue weighted by Gasteiger charge is 2.31. The molecule has 0 saturated carbocycles. The normalized spacial score (nSPS) is 11.5. The van der Waals surface area contributed by atoms with Gasteiger partial charge in [0.1, 0.15) is 34.8 Å². The van der Waals surface area contributed by atoms with Crippen molar-refractivity contribution in [3.63, 3.8) is 0 Å². The third-order valence-corrected chi connectivity index (χ3v) is 7.41. The number of carbonyl (C=O) groups excluding carboxylic acids is 2. The van der Waals surface area contributed by atoms with Crippen molar-refractivity contribution in [1.29, 1.82) is 0 Å². The van der Waals surface area contributed by atoms with E-state index in [1.807, 2.05) is 0 Å². The SMILES string of the molecule is COC(=O)CC(c1ccc(OC)c(COc2ccc(NC(C)=O)cc2)c1)c1c(O)c(O)c(O)c2c(=O)cc(-c3ccccc3)oc12. The summed E-state index contributed by atoms with van der Waals surface area (Å²) in [5.41, 5.74) is 1.21. The fraction of sp³-hybridized carbons (Fsp3) is 0.171. The van der Waals surface area contributed by atoms with Crippen LogP contribution in [0.15, 0.2) is 88.1 Å². The zero-order chi connectivity index (χ0) is 33.0. The standard InChI is InChI=1S/C35H31NO10/c1-19(37)36-23-10-12-24(13-11-23)45-18-22-15-21(9-14-27(22)43-2)25(16-29(39)44-3)30-32(40)34(42)33(41)31-26(38)17-28(46-35(30)31)20-7-5-4-6-8-20/h4-15,17,25,40-42H,16,18H2,1-3H3,(H,36,37). The van der Waals surface area contributed by atoms with Gasteiger partial charge in [-0.2, -0.15) is 0 Å². The van der Waals surface area contributed by atoms with Crippen LogP contribution in [0, 0.1) is 0 Å². The van der Waals surface area contributed by atoms with Crippen molar-refractivity contribution in [3.05, 3.63) is 106 Å². The minimum atomic E-state index is -1.03. The van der Waals surface area contributed by atoms with E-state index in [0.29, 0.717) is 33.9 Å². The summed E-state index contributed by atoms with van der Waals surface area (Å²) in [7, 11) is 2.70. The van der Waals surface area contributed by atoms with Crippen molar-refractivity contribution >= 4 is 28.5 Å². The second kappa shape index (κ2) is 13.3. The van der Waals surface area contributed by atoms with Crippen molar-refractivity contribution in [2.75, 3.05) is 19.5 Å². The quantitative estimate of drug-likeness (QED) is 0.110. The van der Waals surface area contributed by atoms with E-state index in [-0.39, 0.29) is 41.2 Å². The number of fused-ring (bicyclic) bond motifs is 1. The molecule has 1 amide bonds. The Bertz CT molecular complexity index is 1970. The van der Waals surface area contributed by atoms with Gasteiger partial charge in [-0.1, -0.05) is 36.4 Å². The number of aromatic hydroxyl groups is 3. The van der Waals surface area contributed by atoms with Crippen LogP contribution in [0.25, 0.3) is 22.3 Å². The highest BCUT2D eigenvalue weighted by atomic mass is 16.5. The Kier molecular flexibility index (Phi) is 9.13. The van der Waals surface area contributed by atoms with E-state index in [9.17, 15) is 29.7 Å². The number of hydrogen-bond acceptors (Lipinski definition) is 10. The molecule has 1 heterocycles. The number of phenols is 3. The third-order valence-electron chi connectivity index (χ3n) is 7.41. The maximum absolute atomic E-state index is 13.3. The number of methoxy groups -OCH3 is 2. The lowest BCUT2D eigenvalue weighted by Gasteiger charge is -2.22. The Hall–Kier alpha value is -5.97. The molecule has 4 aromatic carbocycles. The summed E-state index contributed by atoms with van der Waals surface area (Å²) in [5.74, 6) is -3.31. The van der Waals surface area contributed by atoms with Crippen LogP contribution in [0.5, 0.6) is 28.7 Å². The summed E-state index contributed by atoms with van der Waals surface area (Å²) >= 11 is 0. The highest BCUT2D eigenvalue weighted by molar-refractivity contribution is 5.94. The van der Waals surface area contributed by atoms with Crippen LogP contribution in [0.2, 0.25) is 0 Å². The topological polar surface area (TPSA) is 165 Å². The Morgan fingerprint density at radius 2 is 1.61 bits per heavy atom. The van der Waals surface area contributed by atoms with Crippen LogP contribution in [0.3, 0.4) is 0 Å². The molecule has 1 unspecified atom stereocenters. The van der Waals surface area contributed by atoms with Gasteiger partial charge >= 0.3 is 5.97 Å². The predicted molar refractivity (Wildman–Crippen MR) is 169 cm³/mol. The van der Waals surface area contributed by atoms with Crippen LogP contribution in [0.4, 0.5) is 5.69 Å². The maximum atomic E-state index is 13.3. The molecule has 5 rings (SSSR count). The van der Waals surface area contributed by atoms with Gasteiger partial charge in [0.25, 0.3) is 0 Å². The van der Waals surface area contributed by atoms with E-state index < -0.39 is 34.6 Å². The zero-order valence-corrected chi connectivity index (χ0v) is 25.2. The molecule has 46 heavy (non-hydrogen) atoms. The molecule has 0 spiro atoms. The lowest BCUT2D eigenvalue weighted by Crippen LogP contribution is -2.13. The van der Waals surface area contributed by atoms with Crippen molar-refractivity contribution in [3.8, 4) is 40.1 Å². The number of hydrogen-bond donors (Lipinski definition) is 4. The van der Waals surface area contributed by atoms with Gasteiger partial charge in [-0.15, -0.1) is 0 Å². The Labute approximate surface area is 263 Å². The molecule has 0 aliphatic carbocycles. The number of rotatable bonds is 10. The summed E-state index contributed by atoms with van der Waals surface area (Å²) < 4.78 is 22.6. The fourth-order valence-electron chi connectivity index (χ4n) is 5.20. The minimum Gasteiger partial charge on any atom is -0.504 e. The zero-order valence-electron chi connectivity index (χ0n) is 25.2. The summed E-state index contributed by atoms with van der Waals surface area (Å²) in [6, 6.07) is 21.7. The third kappa shape index (κ3) is 6.43. The van der Waals surface area contributed by atoms with Crippen LogP contribution < -0.4 is 20.2 Å². The van der Waals surface area contributed by atoms with Crippen LogP contribution in [-0.4, -0.2) is 41.4 Å². The van der Waals surface area contributed by atoms with Gasteiger partial charge in [-0.05, 0) is 42.0 Å². The van der Waals surface area contributed by atoms with Gasteiger partial charge < -0.3 is 39.3 Å². The smallest absolute Gasteiger partial charge is 0.306 e. The van der Waals surface area contributed by atoms with Gasteiger partial charge in [0, 0.05) is 41.3 Å². The van der Waals surface area contributed by atoms with E-state index in [1.54, 1.807) is 72.8 Å². The number of esters is 1. The van der Waals surface area contributed by atoms with E-state index in [2.05, 4.69) is 5.32 Å². The monoisotopic (exact) mass is 625 g/mol. The maximum Gasteiger partial charge on any atom is 0.306 e. The Morgan fingerprint density at radius 3 is 2.26 bits per heavy atom. The molecule has 0 fully saturated rings. The summed E-state index contributed by atoms with van der Waals surface area (Å²) in [6.45, 7) is 1.44. The van der Waals surface area contributed by atoms with E-state index in [0.717, 1.165) is 0 Å². The van der Waals surface area contributed by atoms with E-state index in [1.165, 1.54) is 27.2 Å². The molecule has 236 valence electrons. The van der Waals surface area contributed by atoms with Crippen molar-refractivity contribution in [2.24, 2.45) is 0 Å². The van der Waals surface area contributed by atoms with Crippen molar-refractivity contribution in [1.82, 2.24) is 0 Å². The van der Waals surface area contributed by atoms with E-state index >= 15 is 0 Å². The molecule has 0 aliphatic rings. The first-order valence-electron chi connectivity index (χ1n) is 14.1. The molecule has 0 saturated heterocycles. The number of benzene rings is 4. The molecule has 1 atom stereocenters. The molecule has 11 nitrogen and oxygen atoms in total. The van der Waals surface area contributed by atoms with Gasteiger partial charge in [-0.3, -0.25) is 14.4 Å². The minimum absolute atomic E-state index is 0.0300. The van der Waals surface area contributed by atoms with Crippen LogP contribution in [0.1, 0.15) is 36.0 Å².